The Labute approximate surface area is 125 Å². The van der Waals surface area contributed by atoms with Crippen LogP contribution in [0.15, 0.2) is 60.8 Å². The minimum Gasteiger partial charge on any atom is -0.389 e. The van der Waals surface area contributed by atoms with Crippen molar-refractivity contribution < 1.29 is 5.11 Å². The number of aliphatic hydroxyl groups is 1. The molecule has 0 aliphatic heterocycles. The summed E-state index contributed by atoms with van der Waals surface area (Å²) in [6, 6.07) is 0. The minimum atomic E-state index is -0.414. The monoisotopic (exact) mass is 272 g/mol. The standard InChI is InChI=1S/C19H28O/c1-3-5-7-9-10-11-12-13-14-16-18-19(20)17-15-8-6-4-2/h2,5,7-8,10-11,13-16,18-20H,3-4,6,9,12,17H2,1H3/b7-5-,11-10-,14-13-,15-8-,18-16+/t19-/m0/s1. The molecule has 20 heavy (non-hydrogen) atoms. The van der Waals surface area contributed by atoms with Gasteiger partial charge in [0, 0.05) is 0 Å². The highest BCUT2D eigenvalue weighted by atomic mass is 16.3. The van der Waals surface area contributed by atoms with Crippen molar-refractivity contribution in [1.82, 2.24) is 0 Å². The number of unbranched alkanes of at least 4 members (excludes halogenated alkanes) is 1. The Morgan fingerprint density at radius 3 is 2.30 bits per heavy atom. The summed E-state index contributed by atoms with van der Waals surface area (Å²) in [5, 5.41) is 9.65. The first kappa shape index (κ1) is 18.7. The molecular weight excluding hydrogens is 244 g/mol. The number of allylic oxidation sites excluding steroid dienone is 8. The molecule has 0 aromatic carbocycles. The molecule has 1 atom stereocenters. The first-order chi connectivity index (χ1) is 9.81. The summed E-state index contributed by atoms with van der Waals surface area (Å²) in [6.07, 6.45) is 25.2. The van der Waals surface area contributed by atoms with Crippen LogP contribution in [-0.2, 0) is 0 Å². The third kappa shape index (κ3) is 14.7. The number of rotatable bonds is 11. The highest BCUT2D eigenvalue weighted by molar-refractivity contribution is 5.08. The van der Waals surface area contributed by atoms with E-state index >= 15 is 0 Å². The van der Waals surface area contributed by atoms with Crippen LogP contribution < -0.4 is 0 Å². The number of hydrogen-bond acceptors (Lipinski definition) is 1. The predicted octanol–water partition coefficient (Wildman–Crippen LogP) is 5.20. The van der Waals surface area contributed by atoms with E-state index in [1.54, 1.807) is 6.08 Å². The van der Waals surface area contributed by atoms with Gasteiger partial charge in [-0.05, 0) is 45.4 Å². The molecular formula is C19H28O. The minimum absolute atomic E-state index is 0.414. The van der Waals surface area contributed by atoms with Crippen LogP contribution >= 0.6 is 0 Å². The molecule has 0 spiro atoms. The molecule has 1 heteroatoms. The maximum Gasteiger partial charge on any atom is 0.0758 e. The molecule has 0 unspecified atom stereocenters. The van der Waals surface area contributed by atoms with Crippen molar-refractivity contribution in [3.05, 3.63) is 67.7 Å². The normalized spacial score (nSPS) is 14.8. The van der Waals surface area contributed by atoms with Crippen molar-refractivity contribution in [2.45, 2.75) is 51.6 Å². The Hall–Kier alpha value is -1.34. The van der Waals surface area contributed by atoms with Crippen LogP contribution in [0.5, 0.6) is 0 Å². The van der Waals surface area contributed by atoms with Crippen LogP contribution in [0.4, 0.5) is 0 Å². The van der Waals surface area contributed by atoms with Crippen molar-refractivity contribution in [3.63, 3.8) is 0 Å². The largest absolute Gasteiger partial charge is 0.389 e. The fourth-order valence-electron chi connectivity index (χ4n) is 1.49. The lowest BCUT2D eigenvalue weighted by atomic mass is 10.2. The summed E-state index contributed by atoms with van der Waals surface area (Å²) in [5.74, 6) is 0. The molecule has 0 aliphatic carbocycles. The Bertz CT molecular complexity index is 332. The van der Waals surface area contributed by atoms with Crippen molar-refractivity contribution in [2.75, 3.05) is 0 Å². The lowest BCUT2D eigenvalue weighted by molar-refractivity contribution is 0.227. The first-order valence-electron chi connectivity index (χ1n) is 7.47. The van der Waals surface area contributed by atoms with Gasteiger partial charge < -0.3 is 5.11 Å². The second-order valence-corrected chi connectivity index (χ2v) is 4.49. The van der Waals surface area contributed by atoms with Gasteiger partial charge in [0.15, 0.2) is 0 Å². The van der Waals surface area contributed by atoms with Crippen LogP contribution in [0.25, 0.3) is 0 Å². The molecule has 1 nitrogen and oxygen atoms in total. The third-order valence-electron chi connectivity index (χ3n) is 2.57. The lowest BCUT2D eigenvalue weighted by Crippen LogP contribution is -1.98. The van der Waals surface area contributed by atoms with E-state index in [-0.39, 0.29) is 0 Å². The molecule has 0 bridgehead atoms. The van der Waals surface area contributed by atoms with Gasteiger partial charge in [-0.15, -0.1) is 0 Å². The summed E-state index contributed by atoms with van der Waals surface area (Å²) in [6.45, 7) is 7.51. The summed E-state index contributed by atoms with van der Waals surface area (Å²) in [7, 11) is 0. The van der Waals surface area contributed by atoms with E-state index in [0.717, 1.165) is 25.7 Å². The van der Waals surface area contributed by atoms with E-state index in [0.29, 0.717) is 12.8 Å². The van der Waals surface area contributed by atoms with Gasteiger partial charge in [-0.1, -0.05) is 67.7 Å². The van der Waals surface area contributed by atoms with E-state index in [4.69, 9.17) is 6.92 Å². The fraction of sp³-hybridized carbons (Fsp3) is 0.421. The zero-order chi connectivity index (χ0) is 14.9. The van der Waals surface area contributed by atoms with E-state index < -0.39 is 6.10 Å². The van der Waals surface area contributed by atoms with Crippen molar-refractivity contribution in [1.29, 1.82) is 0 Å². The predicted molar refractivity (Wildman–Crippen MR) is 89.4 cm³/mol. The zero-order valence-electron chi connectivity index (χ0n) is 12.6. The summed E-state index contributed by atoms with van der Waals surface area (Å²) in [4.78, 5) is 0. The van der Waals surface area contributed by atoms with Crippen molar-refractivity contribution in [2.24, 2.45) is 0 Å². The first-order valence-corrected chi connectivity index (χ1v) is 7.47. The number of aliphatic hydroxyl groups excluding tert-OH is 1. The van der Waals surface area contributed by atoms with Gasteiger partial charge in [0.05, 0.1) is 6.10 Å². The molecule has 0 aromatic heterocycles. The van der Waals surface area contributed by atoms with E-state index in [1.165, 1.54) is 0 Å². The highest BCUT2D eigenvalue weighted by Crippen LogP contribution is 1.98. The van der Waals surface area contributed by atoms with Crippen LogP contribution in [0.2, 0.25) is 0 Å². The van der Waals surface area contributed by atoms with Crippen LogP contribution in [-0.4, -0.2) is 11.2 Å². The maximum absolute atomic E-state index is 9.65. The smallest absolute Gasteiger partial charge is 0.0758 e. The van der Waals surface area contributed by atoms with Crippen LogP contribution in [0.3, 0.4) is 0 Å². The SMILES string of the molecule is [CH]CC/C=C\C[C@H](O)/C=C/C=C\C/C=C\C/C=C\CC. The molecule has 0 rings (SSSR count). The molecule has 2 radical (unpaired) electrons. The van der Waals surface area contributed by atoms with Crippen LogP contribution in [0, 0.1) is 6.92 Å². The van der Waals surface area contributed by atoms with E-state index in [9.17, 15) is 5.11 Å². The maximum atomic E-state index is 9.65. The summed E-state index contributed by atoms with van der Waals surface area (Å²) >= 11 is 0. The molecule has 0 fully saturated rings. The molecule has 0 aromatic rings. The highest BCUT2D eigenvalue weighted by Gasteiger charge is 1.92. The Morgan fingerprint density at radius 2 is 1.60 bits per heavy atom. The van der Waals surface area contributed by atoms with Crippen LogP contribution in [0.1, 0.15) is 45.4 Å². The van der Waals surface area contributed by atoms with Gasteiger partial charge in [0.1, 0.15) is 0 Å². The van der Waals surface area contributed by atoms with Crippen molar-refractivity contribution in [3.8, 4) is 0 Å². The second-order valence-electron chi connectivity index (χ2n) is 4.49. The van der Waals surface area contributed by atoms with E-state index in [1.807, 2.05) is 24.3 Å². The molecule has 0 heterocycles. The van der Waals surface area contributed by atoms with Gasteiger partial charge in [-0.25, -0.2) is 0 Å². The molecule has 110 valence electrons. The molecule has 1 N–H and O–H groups in total. The van der Waals surface area contributed by atoms with Gasteiger partial charge in [0.25, 0.3) is 0 Å². The molecule has 0 aliphatic rings. The van der Waals surface area contributed by atoms with Gasteiger partial charge >= 0.3 is 0 Å². The van der Waals surface area contributed by atoms with E-state index in [2.05, 4.69) is 37.3 Å². The van der Waals surface area contributed by atoms with Crippen molar-refractivity contribution >= 4 is 0 Å². The lowest BCUT2D eigenvalue weighted by Gasteiger charge is -1.98. The quantitative estimate of drug-likeness (QED) is 0.405. The number of hydrogen-bond donors (Lipinski definition) is 1. The Morgan fingerprint density at radius 1 is 0.900 bits per heavy atom. The Balaban J connectivity index is 3.66. The Kier molecular flexibility index (Phi) is 14.7. The average molecular weight is 272 g/mol. The molecule has 0 saturated carbocycles. The molecule has 0 saturated heterocycles. The van der Waals surface area contributed by atoms with Gasteiger partial charge in [-0.2, -0.15) is 0 Å². The fourth-order valence-corrected chi connectivity index (χ4v) is 1.49. The summed E-state index contributed by atoms with van der Waals surface area (Å²) < 4.78 is 0. The topological polar surface area (TPSA) is 20.2 Å². The average Bonchev–Trinajstić information content (AvgIpc) is 2.45. The second kappa shape index (κ2) is 15.7. The zero-order valence-corrected chi connectivity index (χ0v) is 12.6. The van der Waals surface area contributed by atoms with Gasteiger partial charge in [-0.3, -0.25) is 0 Å². The van der Waals surface area contributed by atoms with Gasteiger partial charge in [0.2, 0.25) is 0 Å². The summed E-state index contributed by atoms with van der Waals surface area (Å²) in [5.41, 5.74) is 0. The molecule has 0 amide bonds. The third-order valence-corrected chi connectivity index (χ3v) is 2.57.